The number of aryl methyl sites for hydroxylation is 2. The van der Waals surface area contributed by atoms with Crippen molar-refractivity contribution in [2.24, 2.45) is 5.73 Å². The summed E-state index contributed by atoms with van der Waals surface area (Å²) in [5.41, 5.74) is 9.11. The molecule has 0 saturated heterocycles. The smallest absolute Gasteiger partial charge is 0.120 e. The third-order valence-electron chi connectivity index (χ3n) is 3.14. The Kier molecular flexibility index (Phi) is 4.92. The van der Waals surface area contributed by atoms with E-state index >= 15 is 0 Å². The summed E-state index contributed by atoms with van der Waals surface area (Å²) in [5.74, 6) is 0.786. The molecule has 0 saturated carbocycles. The van der Waals surface area contributed by atoms with Gasteiger partial charge in [0.2, 0.25) is 0 Å². The van der Waals surface area contributed by atoms with E-state index in [2.05, 4.69) is 0 Å². The fourth-order valence-electron chi connectivity index (χ4n) is 1.98. The summed E-state index contributed by atoms with van der Waals surface area (Å²) in [6, 6.07) is 11.1. The number of nitrogens with two attached hydrogens (primary N) is 1. The lowest BCUT2D eigenvalue weighted by Crippen LogP contribution is -2.19. The molecular weight excluding hydrogens is 293 g/mol. The minimum atomic E-state index is -0.191. The zero-order valence-electron chi connectivity index (χ0n) is 11.5. The zero-order valence-corrected chi connectivity index (χ0v) is 13.0. The van der Waals surface area contributed by atoms with Crippen molar-refractivity contribution in [3.05, 3.63) is 63.1 Å². The van der Waals surface area contributed by atoms with Gasteiger partial charge in [-0.1, -0.05) is 35.3 Å². The van der Waals surface area contributed by atoms with E-state index in [4.69, 9.17) is 33.7 Å². The van der Waals surface area contributed by atoms with E-state index in [1.54, 1.807) is 0 Å². The average molecular weight is 310 g/mol. The average Bonchev–Trinajstić information content (AvgIpc) is 2.42. The molecule has 0 aliphatic carbocycles. The van der Waals surface area contributed by atoms with E-state index in [0.29, 0.717) is 11.6 Å². The highest BCUT2D eigenvalue weighted by molar-refractivity contribution is 6.32. The van der Waals surface area contributed by atoms with Crippen LogP contribution in [0, 0.1) is 13.8 Å². The van der Waals surface area contributed by atoms with Crippen molar-refractivity contribution in [2.75, 3.05) is 6.61 Å². The Morgan fingerprint density at radius 3 is 2.15 bits per heavy atom. The molecule has 0 spiro atoms. The molecule has 2 rings (SSSR count). The predicted octanol–water partition coefficient (Wildman–Crippen LogP) is 4.69. The molecule has 0 aromatic heterocycles. The van der Waals surface area contributed by atoms with E-state index in [9.17, 15) is 0 Å². The van der Waals surface area contributed by atoms with Crippen molar-refractivity contribution in [3.63, 3.8) is 0 Å². The molecule has 4 heteroatoms. The minimum absolute atomic E-state index is 0.191. The second kappa shape index (κ2) is 6.49. The third kappa shape index (κ3) is 3.66. The first-order valence-electron chi connectivity index (χ1n) is 6.38. The summed E-state index contributed by atoms with van der Waals surface area (Å²) in [6.45, 7) is 4.32. The topological polar surface area (TPSA) is 35.2 Å². The number of benzene rings is 2. The van der Waals surface area contributed by atoms with E-state index in [1.807, 2.05) is 50.2 Å². The lowest BCUT2D eigenvalue weighted by molar-refractivity contribution is 0.290. The number of hydrogen-bond acceptors (Lipinski definition) is 2. The fourth-order valence-corrected chi connectivity index (χ4v) is 2.22. The van der Waals surface area contributed by atoms with Gasteiger partial charge in [0.1, 0.15) is 12.4 Å². The second-order valence-corrected chi connectivity index (χ2v) is 5.65. The van der Waals surface area contributed by atoms with E-state index in [-0.39, 0.29) is 6.04 Å². The van der Waals surface area contributed by atoms with Crippen LogP contribution in [0.15, 0.2) is 36.4 Å². The first kappa shape index (κ1) is 15.2. The number of rotatable bonds is 4. The van der Waals surface area contributed by atoms with Gasteiger partial charge in [-0.2, -0.15) is 0 Å². The van der Waals surface area contributed by atoms with Crippen molar-refractivity contribution < 1.29 is 4.74 Å². The molecule has 1 atom stereocenters. The Bertz CT molecular complexity index is 573. The standard InChI is InChI=1S/C16H17Cl2NO/c1-10-7-14(8-11(2)16(10)18)20-9-15(19)12-3-5-13(17)6-4-12/h3-8,15H,9,19H2,1-2H3. The molecule has 0 amide bonds. The SMILES string of the molecule is Cc1cc(OCC(N)c2ccc(Cl)cc2)cc(C)c1Cl. The second-order valence-electron chi connectivity index (χ2n) is 4.84. The molecule has 2 aromatic carbocycles. The molecule has 2 aromatic rings. The van der Waals surface area contributed by atoms with Crippen LogP contribution in [0.5, 0.6) is 5.75 Å². The Morgan fingerprint density at radius 2 is 1.60 bits per heavy atom. The highest BCUT2D eigenvalue weighted by atomic mass is 35.5. The molecule has 1 unspecified atom stereocenters. The molecule has 0 aliphatic rings. The largest absolute Gasteiger partial charge is 0.492 e. The monoisotopic (exact) mass is 309 g/mol. The van der Waals surface area contributed by atoms with Crippen molar-refractivity contribution >= 4 is 23.2 Å². The van der Waals surface area contributed by atoms with Gasteiger partial charge in [0.15, 0.2) is 0 Å². The Hall–Kier alpha value is -1.22. The van der Waals surface area contributed by atoms with Gasteiger partial charge in [-0.05, 0) is 54.8 Å². The highest BCUT2D eigenvalue weighted by Crippen LogP contribution is 2.26. The number of halogens is 2. The third-order valence-corrected chi connectivity index (χ3v) is 3.99. The van der Waals surface area contributed by atoms with Crippen LogP contribution in [-0.2, 0) is 0 Å². The molecule has 0 radical (unpaired) electrons. The van der Waals surface area contributed by atoms with Crippen molar-refractivity contribution in [1.82, 2.24) is 0 Å². The number of hydrogen-bond donors (Lipinski definition) is 1. The molecule has 0 aliphatic heterocycles. The van der Waals surface area contributed by atoms with Gasteiger partial charge >= 0.3 is 0 Å². The Labute approximate surface area is 129 Å². The zero-order chi connectivity index (χ0) is 14.7. The maximum absolute atomic E-state index is 6.13. The molecule has 2 N–H and O–H groups in total. The summed E-state index contributed by atoms with van der Waals surface area (Å²) in [4.78, 5) is 0. The molecule has 0 fully saturated rings. The van der Waals surface area contributed by atoms with Crippen LogP contribution in [0.4, 0.5) is 0 Å². The maximum atomic E-state index is 6.13. The number of ether oxygens (including phenoxy) is 1. The van der Waals surface area contributed by atoms with Crippen LogP contribution in [0.3, 0.4) is 0 Å². The Morgan fingerprint density at radius 1 is 1.05 bits per heavy atom. The predicted molar refractivity (Wildman–Crippen MR) is 84.8 cm³/mol. The van der Waals surface area contributed by atoms with E-state index in [1.165, 1.54) is 0 Å². The lowest BCUT2D eigenvalue weighted by atomic mass is 10.1. The van der Waals surface area contributed by atoms with Gasteiger partial charge in [0.25, 0.3) is 0 Å². The van der Waals surface area contributed by atoms with E-state index in [0.717, 1.165) is 27.5 Å². The quantitative estimate of drug-likeness (QED) is 0.889. The highest BCUT2D eigenvalue weighted by Gasteiger charge is 2.08. The van der Waals surface area contributed by atoms with Gasteiger partial charge in [0.05, 0.1) is 6.04 Å². The van der Waals surface area contributed by atoms with Gasteiger partial charge in [-0.25, -0.2) is 0 Å². The van der Waals surface area contributed by atoms with Gasteiger partial charge in [-0.15, -0.1) is 0 Å². The van der Waals surface area contributed by atoms with Crippen molar-refractivity contribution in [3.8, 4) is 5.75 Å². The fraction of sp³-hybridized carbons (Fsp3) is 0.250. The van der Waals surface area contributed by atoms with Crippen LogP contribution in [0.25, 0.3) is 0 Å². The Balaban J connectivity index is 2.03. The minimum Gasteiger partial charge on any atom is -0.492 e. The van der Waals surface area contributed by atoms with Crippen LogP contribution >= 0.6 is 23.2 Å². The molecule has 106 valence electrons. The summed E-state index contributed by atoms with van der Waals surface area (Å²) in [7, 11) is 0. The van der Waals surface area contributed by atoms with Crippen LogP contribution in [-0.4, -0.2) is 6.61 Å². The molecular formula is C16H17Cl2NO. The lowest BCUT2D eigenvalue weighted by Gasteiger charge is -2.15. The van der Waals surface area contributed by atoms with Gasteiger partial charge in [-0.3, -0.25) is 0 Å². The maximum Gasteiger partial charge on any atom is 0.120 e. The first-order valence-corrected chi connectivity index (χ1v) is 7.13. The van der Waals surface area contributed by atoms with Crippen LogP contribution in [0.2, 0.25) is 10.0 Å². The van der Waals surface area contributed by atoms with Crippen molar-refractivity contribution in [2.45, 2.75) is 19.9 Å². The summed E-state index contributed by atoms with van der Waals surface area (Å²) in [5, 5.41) is 1.48. The van der Waals surface area contributed by atoms with E-state index < -0.39 is 0 Å². The van der Waals surface area contributed by atoms with Gasteiger partial charge in [0, 0.05) is 10.0 Å². The normalized spacial score (nSPS) is 12.2. The van der Waals surface area contributed by atoms with Crippen LogP contribution in [0.1, 0.15) is 22.7 Å². The summed E-state index contributed by atoms with van der Waals surface area (Å²) in [6.07, 6.45) is 0. The first-order chi connectivity index (χ1) is 9.47. The van der Waals surface area contributed by atoms with Crippen molar-refractivity contribution in [1.29, 1.82) is 0 Å². The molecule has 20 heavy (non-hydrogen) atoms. The molecule has 0 heterocycles. The summed E-state index contributed by atoms with van der Waals surface area (Å²) >= 11 is 12.0. The molecule has 0 bridgehead atoms. The molecule has 2 nitrogen and oxygen atoms in total. The van der Waals surface area contributed by atoms with Crippen LogP contribution < -0.4 is 10.5 Å². The summed E-state index contributed by atoms with van der Waals surface area (Å²) < 4.78 is 5.75. The van der Waals surface area contributed by atoms with Gasteiger partial charge < -0.3 is 10.5 Å².